The summed E-state index contributed by atoms with van der Waals surface area (Å²) >= 11 is 1.07. The fourth-order valence-electron chi connectivity index (χ4n) is 2.93. The summed E-state index contributed by atoms with van der Waals surface area (Å²) in [4.78, 5) is 28.7. The third kappa shape index (κ3) is 5.07. The van der Waals surface area contributed by atoms with Gasteiger partial charge in [-0.05, 0) is 36.8 Å². The van der Waals surface area contributed by atoms with E-state index < -0.39 is 11.9 Å². The van der Waals surface area contributed by atoms with E-state index in [0.717, 1.165) is 17.3 Å². The first kappa shape index (κ1) is 21.6. The van der Waals surface area contributed by atoms with Crippen LogP contribution in [0.3, 0.4) is 0 Å². The molecule has 8 heteroatoms. The van der Waals surface area contributed by atoms with E-state index in [2.05, 4.69) is 10.3 Å². The summed E-state index contributed by atoms with van der Waals surface area (Å²) < 4.78 is 21.2. The van der Waals surface area contributed by atoms with Crippen LogP contribution in [0.25, 0.3) is 0 Å². The Morgan fingerprint density at radius 1 is 1.23 bits per heavy atom. The van der Waals surface area contributed by atoms with Crippen molar-refractivity contribution >= 4 is 23.5 Å². The third-order valence-corrected chi connectivity index (χ3v) is 5.62. The molecule has 1 heterocycles. The number of imidazole rings is 1. The van der Waals surface area contributed by atoms with Crippen LogP contribution in [0.4, 0.5) is 4.39 Å². The minimum Gasteiger partial charge on any atom is -0.497 e. The van der Waals surface area contributed by atoms with Gasteiger partial charge in [-0.1, -0.05) is 18.2 Å². The molecule has 0 spiro atoms. The predicted molar refractivity (Wildman–Crippen MR) is 113 cm³/mol. The van der Waals surface area contributed by atoms with Crippen LogP contribution in [0.2, 0.25) is 0 Å². The van der Waals surface area contributed by atoms with Crippen LogP contribution in [0.15, 0.2) is 59.8 Å². The van der Waals surface area contributed by atoms with Gasteiger partial charge in [0.1, 0.15) is 23.4 Å². The van der Waals surface area contributed by atoms with E-state index in [1.54, 1.807) is 25.6 Å². The molecule has 0 aliphatic carbocycles. The van der Waals surface area contributed by atoms with Crippen molar-refractivity contribution in [2.24, 2.45) is 7.05 Å². The van der Waals surface area contributed by atoms with E-state index in [9.17, 15) is 14.0 Å². The monoisotopic (exact) mass is 427 g/mol. The van der Waals surface area contributed by atoms with Gasteiger partial charge in [0.15, 0.2) is 5.78 Å². The largest absolute Gasteiger partial charge is 0.497 e. The molecular weight excluding hydrogens is 405 g/mol. The summed E-state index contributed by atoms with van der Waals surface area (Å²) in [6.07, 6.45) is 3.47. The summed E-state index contributed by atoms with van der Waals surface area (Å²) in [6.45, 7) is 1.38. The molecule has 1 atom stereocenters. The molecule has 30 heavy (non-hydrogen) atoms. The fourth-order valence-corrected chi connectivity index (χ4v) is 3.66. The van der Waals surface area contributed by atoms with Crippen molar-refractivity contribution < 1.29 is 18.7 Å². The Balaban J connectivity index is 1.73. The average molecular weight is 428 g/mol. The normalized spacial score (nSPS) is 11.7. The number of thioether (sulfide) groups is 1. The van der Waals surface area contributed by atoms with Gasteiger partial charge >= 0.3 is 0 Å². The van der Waals surface area contributed by atoms with Crippen LogP contribution in [-0.2, 0) is 11.8 Å². The molecule has 6 nitrogen and oxygen atoms in total. The van der Waals surface area contributed by atoms with Crippen molar-refractivity contribution in [2.45, 2.75) is 17.9 Å². The van der Waals surface area contributed by atoms with Crippen molar-refractivity contribution in [3.63, 3.8) is 0 Å². The molecule has 156 valence electrons. The van der Waals surface area contributed by atoms with Crippen LogP contribution >= 0.6 is 11.8 Å². The number of hydrogen-bond donors (Lipinski definition) is 1. The van der Waals surface area contributed by atoms with Crippen molar-refractivity contribution in [2.75, 3.05) is 12.9 Å². The number of nitrogens with one attached hydrogen (secondary N) is 1. The van der Waals surface area contributed by atoms with Gasteiger partial charge in [0.05, 0.1) is 12.9 Å². The maximum Gasteiger partial charge on any atom is 0.231 e. The number of nitrogens with zero attached hydrogens (tertiary/aromatic N) is 2. The Morgan fingerprint density at radius 3 is 2.53 bits per heavy atom. The fraction of sp³-hybridized carbons (Fsp3) is 0.227. The predicted octanol–water partition coefficient (Wildman–Crippen LogP) is 3.77. The highest BCUT2D eigenvalue weighted by Crippen LogP contribution is 2.25. The van der Waals surface area contributed by atoms with Crippen LogP contribution in [0.1, 0.15) is 34.7 Å². The SMILES string of the molecule is COc1ccc(C(NC(=O)CSc2ccc(C(C)=O)cc2F)c2nccn2C)cc1. The van der Waals surface area contributed by atoms with E-state index >= 15 is 0 Å². The van der Waals surface area contributed by atoms with E-state index in [-0.39, 0.29) is 17.4 Å². The number of benzene rings is 2. The van der Waals surface area contributed by atoms with Crippen LogP contribution < -0.4 is 10.1 Å². The first-order valence-electron chi connectivity index (χ1n) is 9.23. The molecule has 1 N–H and O–H groups in total. The molecule has 0 fully saturated rings. The van der Waals surface area contributed by atoms with Crippen LogP contribution in [0, 0.1) is 5.82 Å². The molecule has 0 radical (unpaired) electrons. The minimum atomic E-state index is -0.517. The lowest BCUT2D eigenvalue weighted by Crippen LogP contribution is -2.32. The molecule has 0 saturated carbocycles. The van der Waals surface area contributed by atoms with Gasteiger partial charge in [-0.25, -0.2) is 9.37 Å². The number of ketones is 1. The number of carbonyl (C=O) groups excluding carboxylic acids is 2. The number of amides is 1. The number of aryl methyl sites for hydroxylation is 1. The van der Waals surface area contributed by atoms with Gasteiger partial charge in [-0.15, -0.1) is 11.8 Å². The van der Waals surface area contributed by atoms with Gasteiger partial charge < -0.3 is 14.6 Å². The van der Waals surface area contributed by atoms with Crippen LogP contribution in [0.5, 0.6) is 5.75 Å². The molecule has 1 unspecified atom stereocenters. The van der Waals surface area contributed by atoms with E-state index in [4.69, 9.17) is 4.74 Å². The molecular formula is C22H22FN3O3S. The number of rotatable bonds is 8. The highest BCUT2D eigenvalue weighted by Gasteiger charge is 2.21. The molecule has 0 aliphatic rings. The van der Waals surface area contributed by atoms with Crippen molar-refractivity contribution in [1.82, 2.24) is 14.9 Å². The van der Waals surface area contributed by atoms with E-state index in [1.807, 2.05) is 35.9 Å². The maximum absolute atomic E-state index is 14.2. The summed E-state index contributed by atoms with van der Waals surface area (Å²) in [5.41, 5.74) is 1.15. The Hall–Kier alpha value is -3.13. The quantitative estimate of drug-likeness (QED) is 0.438. The average Bonchev–Trinajstić information content (AvgIpc) is 3.16. The van der Waals surface area contributed by atoms with Gasteiger partial charge in [0, 0.05) is 29.9 Å². The lowest BCUT2D eigenvalue weighted by molar-refractivity contribution is -0.119. The second-order valence-electron chi connectivity index (χ2n) is 6.66. The minimum absolute atomic E-state index is 0.0212. The summed E-state index contributed by atoms with van der Waals surface area (Å²) in [7, 11) is 3.44. The van der Waals surface area contributed by atoms with Gasteiger partial charge in [-0.2, -0.15) is 0 Å². The second-order valence-corrected chi connectivity index (χ2v) is 7.68. The van der Waals surface area contributed by atoms with Crippen molar-refractivity contribution in [1.29, 1.82) is 0 Å². The second kappa shape index (κ2) is 9.58. The molecule has 0 saturated heterocycles. The summed E-state index contributed by atoms with van der Waals surface area (Å²) in [6, 6.07) is 11.2. The van der Waals surface area contributed by atoms with Gasteiger partial charge in [0.2, 0.25) is 5.91 Å². The van der Waals surface area contributed by atoms with Crippen LogP contribution in [-0.4, -0.2) is 34.1 Å². The summed E-state index contributed by atoms with van der Waals surface area (Å²) in [5.74, 6) is 0.419. The topological polar surface area (TPSA) is 73.2 Å². The lowest BCUT2D eigenvalue weighted by atomic mass is 10.1. The number of aromatic nitrogens is 2. The molecule has 3 rings (SSSR count). The molecule has 1 amide bonds. The zero-order valence-corrected chi connectivity index (χ0v) is 17.7. The van der Waals surface area contributed by atoms with Crippen molar-refractivity contribution in [3.05, 3.63) is 77.6 Å². The Kier molecular flexibility index (Phi) is 6.89. The molecule has 1 aromatic heterocycles. The van der Waals surface area contributed by atoms with Gasteiger partial charge in [-0.3, -0.25) is 9.59 Å². The summed E-state index contributed by atoms with van der Waals surface area (Å²) in [5, 5.41) is 2.97. The third-order valence-electron chi connectivity index (χ3n) is 4.57. The zero-order chi connectivity index (χ0) is 21.7. The number of hydrogen-bond acceptors (Lipinski definition) is 5. The molecule has 2 aromatic carbocycles. The zero-order valence-electron chi connectivity index (χ0n) is 16.9. The van der Waals surface area contributed by atoms with E-state index in [0.29, 0.717) is 22.0 Å². The highest BCUT2D eigenvalue weighted by atomic mass is 32.2. The van der Waals surface area contributed by atoms with E-state index in [1.165, 1.54) is 19.1 Å². The number of halogens is 1. The Labute approximate surface area is 178 Å². The Bertz CT molecular complexity index is 1050. The molecule has 0 bridgehead atoms. The smallest absolute Gasteiger partial charge is 0.231 e. The first-order valence-corrected chi connectivity index (χ1v) is 10.2. The van der Waals surface area contributed by atoms with Gasteiger partial charge in [0.25, 0.3) is 0 Å². The first-order chi connectivity index (χ1) is 14.4. The Morgan fingerprint density at radius 2 is 1.97 bits per heavy atom. The number of ether oxygens (including phenoxy) is 1. The molecule has 0 aliphatic heterocycles. The number of methoxy groups -OCH3 is 1. The highest BCUT2D eigenvalue weighted by molar-refractivity contribution is 8.00. The standard InChI is InChI=1S/C22H22FN3O3S/c1-14(27)16-6-9-19(18(23)12-16)30-13-20(28)25-21(22-24-10-11-26(22)2)15-4-7-17(29-3)8-5-15/h4-12,21H,13H2,1-3H3,(H,25,28). The maximum atomic E-state index is 14.2. The number of carbonyl (C=O) groups is 2. The molecule has 3 aromatic rings. The van der Waals surface area contributed by atoms with Crippen molar-refractivity contribution in [3.8, 4) is 5.75 Å². The number of Topliss-reactive ketones (excluding diaryl/α,β-unsaturated/α-hetero) is 1. The lowest BCUT2D eigenvalue weighted by Gasteiger charge is -2.19.